The number of cyclic esters (lactones) is 1. The Kier molecular flexibility index (Phi) is 14.8. The van der Waals surface area contributed by atoms with E-state index in [0.717, 1.165) is 38.5 Å². The molecule has 1 rings (SSSR count). The topological polar surface area (TPSA) is 113 Å². The smallest absolute Gasteiger partial charge is 0.377 e. The molecule has 0 aromatic rings. The van der Waals surface area contributed by atoms with Crippen molar-refractivity contribution in [1.82, 2.24) is 0 Å². The van der Waals surface area contributed by atoms with Gasteiger partial charge in [-0.3, -0.25) is 4.79 Å². The van der Waals surface area contributed by atoms with E-state index in [1.165, 1.54) is 0 Å². The van der Waals surface area contributed by atoms with E-state index in [2.05, 4.69) is 60.3 Å². The van der Waals surface area contributed by atoms with Crippen molar-refractivity contribution in [1.29, 1.82) is 0 Å². The van der Waals surface area contributed by atoms with Crippen LogP contribution < -0.4 is 0 Å². The molecule has 2 atom stereocenters. The van der Waals surface area contributed by atoms with Crippen molar-refractivity contribution in [2.75, 3.05) is 6.61 Å². The number of rotatable bonds is 16. The molecule has 0 bridgehead atoms. The summed E-state index contributed by atoms with van der Waals surface area (Å²) in [5, 5.41) is 28.5. The van der Waals surface area contributed by atoms with Gasteiger partial charge in [-0.1, -0.05) is 67.7 Å². The zero-order valence-electron chi connectivity index (χ0n) is 19.3. The van der Waals surface area contributed by atoms with Crippen molar-refractivity contribution in [2.45, 2.75) is 70.5 Å². The predicted molar refractivity (Wildman–Crippen MR) is 127 cm³/mol. The monoisotopic (exact) mass is 460 g/mol. The summed E-state index contributed by atoms with van der Waals surface area (Å²) < 4.78 is 9.52. The van der Waals surface area contributed by atoms with Crippen molar-refractivity contribution in [3.05, 3.63) is 72.3 Å². The summed E-state index contributed by atoms with van der Waals surface area (Å²) in [7, 11) is 0. The van der Waals surface area contributed by atoms with E-state index in [1.807, 2.05) is 12.2 Å². The Hall–Kier alpha value is -3.06. The van der Waals surface area contributed by atoms with Gasteiger partial charge in [0, 0.05) is 6.42 Å². The number of aliphatic hydroxyl groups is 3. The summed E-state index contributed by atoms with van der Waals surface area (Å²) in [6.07, 6.45) is 24.6. The Morgan fingerprint density at radius 3 is 1.94 bits per heavy atom. The Morgan fingerprint density at radius 2 is 1.45 bits per heavy atom. The lowest BCUT2D eigenvalue weighted by Gasteiger charge is -2.17. The van der Waals surface area contributed by atoms with Crippen LogP contribution in [0.25, 0.3) is 0 Å². The molecule has 0 unspecified atom stereocenters. The first-order chi connectivity index (χ1) is 16.0. The number of allylic oxidation sites excluding steroid dienone is 10. The van der Waals surface area contributed by atoms with E-state index in [4.69, 9.17) is 4.74 Å². The molecule has 1 aliphatic heterocycles. The molecule has 0 spiro atoms. The molecule has 0 amide bonds. The summed E-state index contributed by atoms with van der Waals surface area (Å²) in [5.74, 6) is -3.33. The highest BCUT2D eigenvalue weighted by Gasteiger charge is 2.39. The first-order valence-electron chi connectivity index (χ1n) is 11.4. The zero-order valence-corrected chi connectivity index (χ0v) is 19.3. The van der Waals surface area contributed by atoms with Gasteiger partial charge in [0.1, 0.15) is 12.7 Å². The van der Waals surface area contributed by atoms with E-state index in [-0.39, 0.29) is 6.42 Å². The van der Waals surface area contributed by atoms with Crippen molar-refractivity contribution in [2.24, 2.45) is 0 Å². The van der Waals surface area contributed by atoms with Gasteiger partial charge in [0.15, 0.2) is 11.9 Å². The molecule has 1 heterocycles. The van der Waals surface area contributed by atoms with Gasteiger partial charge < -0.3 is 24.8 Å². The van der Waals surface area contributed by atoms with Crippen LogP contribution in [0.15, 0.2) is 72.3 Å². The van der Waals surface area contributed by atoms with Crippen LogP contribution in [-0.2, 0) is 19.1 Å². The molecule has 182 valence electrons. The van der Waals surface area contributed by atoms with E-state index < -0.39 is 42.3 Å². The number of carbonyl (C=O) groups is 2. The molecule has 0 aromatic carbocycles. The average Bonchev–Trinajstić information content (AvgIpc) is 3.06. The molecule has 1 aliphatic rings. The van der Waals surface area contributed by atoms with E-state index in [0.29, 0.717) is 6.42 Å². The fourth-order valence-corrected chi connectivity index (χ4v) is 2.80. The number of carbonyl (C=O) groups excluding carboxylic acids is 2. The van der Waals surface area contributed by atoms with Gasteiger partial charge in [-0.25, -0.2) is 4.79 Å². The quantitative estimate of drug-likeness (QED) is 0.167. The van der Waals surface area contributed by atoms with Crippen molar-refractivity contribution < 1.29 is 34.4 Å². The second-order valence-electron chi connectivity index (χ2n) is 7.41. The molecule has 0 radical (unpaired) electrons. The Bertz CT molecular complexity index is 772. The maximum atomic E-state index is 11.7. The van der Waals surface area contributed by atoms with Gasteiger partial charge in [-0.05, 0) is 44.9 Å². The minimum atomic E-state index is -1.45. The van der Waals surface area contributed by atoms with Crippen LogP contribution in [0.3, 0.4) is 0 Å². The Balaban J connectivity index is 2.04. The largest absolute Gasteiger partial charge is 0.505 e. The van der Waals surface area contributed by atoms with Crippen LogP contribution in [0.1, 0.15) is 58.3 Å². The number of hydrogen-bond donors (Lipinski definition) is 3. The number of ether oxygens (including phenoxy) is 2. The number of esters is 2. The molecule has 0 saturated heterocycles. The van der Waals surface area contributed by atoms with Gasteiger partial charge in [0.2, 0.25) is 5.76 Å². The van der Waals surface area contributed by atoms with E-state index >= 15 is 0 Å². The Morgan fingerprint density at radius 1 is 0.939 bits per heavy atom. The summed E-state index contributed by atoms with van der Waals surface area (Å²) >= 11 is 0. The molecule has 0 aliphatic carbocycles. The average molecular weight is 461 g/mol. The van der Waals surface area contributed by atoms with Gasteiger partial charge in [0.25, 0.3) is 0 Å². The predicted octanol–water partition coefficient (Wildman–Crippen LogP) is 5.07. The SMILES string of the molecule is CC/C=C\C/C=C\C/C=C\C/C=C\C/C=C\CCCC(=O)OC[C@H](O)[C@H]1OC(=O)C(O)=C1O. The lowest BCUT2D eigenvalue weighted by atomic mass is 10.2. The third-order valence-corrected chi connectivity index (χ3v) is 4.61. The molecule has 7 heteroatoms. The highest BCUT2D eigenvalue weighted by atomic mass is 16.6. The van der Waals surface area contributed by atoms with Crippen LogP contribution in [0.5, 0.6) is 0 Å². The molecule has 0 aromatic heterocycles. The molecule has 3 N–H and O–H groups in total. The fraction of sp³-hybridized carbons (Fsp3) is 0.462. The van der Waals surface area contributed by atoms with Crippen molar-refractivity contribution in [3.63, 3.8) is 0 Å². The minimum Gasteiger partial charge on any atom is -0.505 e. The Labute approximate surface area is 196 Å². The number of hydrogen-bond acceptors (Lipinski definition) is 7. The summed E-state index contributed by atoms with van der Waals surface area (Å²) in [6.45, 7) is 1.68. The summed E-state index contributed by atoms with van der Waals surface area (Å²) in [6, 6.07) is 0. The first-order valence-corrected chi connectivity index (χ1v) is 11.4. The standard InChI is InChI=1S/C26H36O7/c1-2-3-4-5-6-7-8-9-10-11-12-13-14-15-16-17-18-19-22(28)32-20-21(27)25-23(29)24(30)26(31)33-25/h3-4,6-7,9-10,12-13,15-16,21,25,27,29-30H,2,5,8,11,14,17-20H2,1H3/b4-3-,7-6-,10-9-,13-12-,16-15-/t21-,25+/m0/s1. The maximum Gasteiger partial charge on any atom is 0.377 e. The molecular formula is C26H36O7. The van der Waals surface area contributed by atoms with Gasteiger partial charge in [-0.15, -0.1) is 0 Å². The summed E-state index contributed by atoms with van der Waals surface area (Å²) in [5.41, 5.74) is 0. The lowest BCUT2D eigenvalue weighted by molar-refractivity contribution is -0.154. The van der Waals surface area contributed by atoms with E-state index in [9.17, 15) is 24.9 Å². The first kappa shape index (κ1) is 28.0. The van der Waals surface area contributed by atoms with Crippen LogP contribution in [0.2, 0.25) is 0 Å². The summed E-state index contributed by atoms with van der Waals surface area (Å²) in [4.78, 5) is 22.8. The van der Waals surface area contributed by atoms with Crippen LogP contribution in [-0.4, -0.2) is 46.1 Å². The normalized spacial score (nSPS) is 18.0. The number of aliphatic hydroxyl groups excluding tert-OH is 3. The second kappa shape index (κ2) is 17.5. The van der Waals surface area contributed by atoms with Crippen molar-refractivity contribution >= 4 is 11.9 Å². The second-order valence-corrected chi connectivity index (χ2v) is 7.41. The highest BCUT2D eigenvalue weighted by Crippen LogP contribution is 2.21. The third kappa shape index (κ3) is 12.5. The van der Waals surface area contributed by atoms with Gasteiger partial charge in [-0.2, -0.15) is 0 Å². The molecular weight excluding hydrogens is 424 g/mol. The van der Waals surface area contributed by atoms with Gasteiger partial charge in [0.05, 0.1) is 0 Å². The maximum absolute atomic E-state index is 11.7. The highest BCUT2D eigenvalue weighted by molar-refractivity contribution is 5.89. The molecule has 0 fully saturated rings. The van der Waals surface area contributed by atoms with Crippen LogP contribution >= 0.6 is 0 Å². The molecule has 33 heavy (non-hydrogen) atoms. The third-order valence-electron chi connectivity index (χ3n) is 4.61. The fourth-order valence-electron chi connectivity index (χ4n) is 2.80. The lowest BCUT2D eigenvalue weighted by Crippen LogP contribution is -2.33. The zero-order chi connectivity index (χ0) is 24.3. The van der Waals surface area contributed by atoms with Crippen LogP contribution in [0, 0.1) is 0 Å². The minimum absolute atomic E-state index is 0.179. The van der Waals surface area contributed by atoms with Crippen LogP contribution in [0.4, 0.5) is 0 Å². The van der Waals surface area contributed by atoms with Crippen molar-refractivity contribution in [3.8, 4) is 0 Å². The van der Waals surface area contributed by atoms with Gasteiger partial charge >= 0.3 is 11.9 Å². The molecule has 0 saturated carbocycles. The molecule has 7 nitrogen and oxygen atoms in total. The van der Waals surface area contributed by atoms with E-state index in [1.54, 1.807) is 0 Å². The number of unbranched alkanes of at least 4 members (excludes halogenated alkanes) is 1.